The Balaban J connectivity index is 2.71. The quantitative estimate of drug-likeness (QED) is 0.309. The highest BCUT2D eigenvalue weighted by Gasteiger charge is 2.04. The fourth-order valence-electron chi connectivity index (χ4n) is 1.03. The first-order valence-electron chi connectivity index (χ1n) is 4.57. The summed E-state index contributed by atoms with van der Waals surface area (Å²) in [7, 11) is 0. The molecule has 1 aromatic rings. The average Bonchev–Trinajstić information content (AvgIpc) is 2.35. The van der Waals surface area contributed by atoms with Gasteiger partial charge in [-0.1, -0.05) is 6.07 Å². The smallest absolute Gasteiger partial charge is 0.265 e. The highest BCUT2D eigenvalue weighted by molar-refractivity contribution is 5.94. The van der Waals surface area contributed by atoms with Gasteiger partial charge in [0.15, 0.2) is 0 Å². The van der Waals surface area contributed by atoms with Crippen LogP contribution in [0.2, 0.25) is 0 Å². The number of nitrogens with one attached hydrogen (secondary N) is 1. The number of carbonyl (C=O) groups excluding carboxylic acids is 1. The molecule has 0 saturated carbocycles. The summed E-state index contributed by atoms with van der Waals surface area (Å²) in [5, 5.41) is 0. The van der Waals surface area contributed by atoms with Gasteiger partial charge in [0.05, 0.1) is 5.70 Å². The second kappa shape index (κ2) is 5.62. The third-order valence-corrected chi connectivity index (χ3v) is 1.85. The van der Waals surface area contributed by atoms with E-state index in [1.807, 2.05) is 5.43 Å². The number of rotatable bonds is 4. The molecule has 0 saturated heterocycles. The van der Waals surface area contributed by atoms with Crippen LogP contribution in [0.25, 0.3) is 0 Å². The molecule has 0 atom stereocenters. The molecule has 86 valence electrons. The van der Waals surface area contributed by atoms with Gasteiger partial charge in [-0.15, -0.1) is 0 Å². The SMILES string of the molecule is N/C=C(\N)COc1cccc(C(=O)NN)c1. The molecule has 0 bridgehead atoms. The van der Waals surface area contributed by atoms with Gasteiger partial charge in [-0.25, -0.2) is 5.84 Å². The van der Waals surface area contributed by atoms with E-state index in [1.165, 1.54) is 6.20 Å². The van der Waals surface area contributed by atoms with Gasteiger partial charge in [0, 0.05) is 11.8 Å². The summed E-state index contributed by atoms with van der Waals surface area (Å²) in [5.74, 6) is 5.15. The summed E-state index contributed by atoms with van der Waals surface area (Å²) in [4.78, 5) is 11.2. The van der Waals surface area contributed by atoms with Crippen LogP contribution in [0, 0.1) is 0 Å². The van der Waals surface area contributed by atoms with Crippen LogP contribution < -0.4 is 27.5 Å². The van der Waals surface area contributed by atoms with E-state index in [0.29, 0.717) is 17.0 Å². The lowest BCUT2D eigenvalue weighted by Gasteiger charge is -2.07. The van der Waals surface area contributed by atoms with Gasteiger partial charge in [0.25, 0.3) is 5.91 Å². The van der Waals surface area contributed by atoms with Gasteiger partial charge in [0.2, 0.25) is 0 Å². The molecule has 1 rings (SSSR count). The van der Waals surface area contributed by atoms with E-state index in [1.54, 1.807) is 24.3 Å². The topological polar surface area (TPSA) is 116 Å². The van der Waals surface area contributed by atoms with Gasteiger partial charge >= 0.3 is 0 Å². The minimum Gasteiger partial charge on any atom is -0.487 e. The lowest BCUT2D eigenvalue weighted by atomic mass is 10.2. The lowest BCUT2D eigenvalue weighted by molar-refractivity contribution is 0.0953. The van der Waals surface area contributed by atoms with E-state index in [9.17, 15) is 4.79 Å². The molecule has 0 aliphatic carbocycles. The zero-order valence-corrected chi connectivity index (χ0v) is 8.64. The summed E-state index contributed by atoms with van der Waals surface area (Å²) in [6.45, 7) is 0.171. The fourth-order valence-corrected chi connectivity index (χ4v) is 1.03. The molecule has 0 fully saturated rings. The maximum absolute atomic E-state index is 11.2. The summed E-state index contributed by atoms with van der Waals surface area (Å²) < 4.78 is 5.30. The van der Waals surface area contributed by atoms with Crippen LogP contribution in [0.3, 0.4) is 0 Å². The Kier molecular flexibility index (Phi) is 4.16. The van der Waals surface area contributed by atoms with Gasteiger partial charge < -0.3 is 16.2 Å². The van der Waals surface area contributed by atoms with Crippen molar-refractivity contribution in [3.8, 4) is 5.75 Å². The number of nitrogens with two attached hydrogens (primary N) is 3. The van der Waals surface area contributed by atoms with Crippen LogP contribution in [0.4, 0.5) is 0 Å². The first-order valence-corrected chi connectivity index (χ1v) is 4.57. The molecule has 0 aliphatic rings. The minimum absolute atomic E-state index is 0.171. The molecule has 1 aromatic carbocycles. The Hall–Kier alpha value is -2.21. The number of hydrazine groups is 1. The molecule has 6 nitrogen and oxygen atoms in total. The third-order valence-electron chi connectivity index (χ3n) is 1.85. The second-order valence-electron chi connectivity index (χ2n) is 3.03. The summed E-state index contributed by atoms with van der Waals surface area (Å²) >= 11 is 0. The molecule has 16 heavy (non-hydrogen) atoms. The van der Waals surface area contributed by atoms with Crippen LogP contribution >= 0.6 is 0 Å². The van der Waals surface area contributed by atoms with Gasteiger partial charge in [-0.3, -0.25) is 10.2 Å². The van der Waals surface area contributed by atoms with E-state index in [4.69, 9.17) is 22.0 Å². The zero-order chi connectivity index (χ0) is 12.0. The highest BCUT2D eigenvalue weighted by Crippen LogP contribution is 2.13. The van der Waals surface area contributed by atoms with Crippen LogP contribution in [-0.4, -0.2) is 12.5 Å². The summed E-state index contributed by atoms with van der Waals surface area (Å²) in [5.41, 5.74) is 13.5. The molecule has 0 aliphatic heterocycles. The fraction of sp³-hybridized carbons (Fsp3) is 0.100. The van der Waals surface area contributed by atoms with Crippen LogP contribution in [0.5, 0.6) is 5.75 Å². The van der Waals surface area contributed by atoms with Crippen LogP contribution in [-0.2, 0) is 0 Å². The van der Waals surface area contributed by atoms with Crippen LogP contribution in [0.1, 0.15) is 10.4 Å². The zero-order valence-electron chi connectivity index (χ0n) is 8.64. The lowest BCUT2D eigenvalue weighted by Crippen LogP contribution is -2.29. The number of hydrogen-bond acceptors (Lipinski definition) is 5. The largest absolute Gasteiger partial charge is 0.487 e. The molecule has 7 N–H and O–H groups in total. The van der Waals surface area contributed by atoms with Crippen LogP contribution in [0.15, 0.2) is 36.2 Å². The van der Waals surface area contributed by atoms with E-state index < -0.39 is 0 Å². The normalized spacial score (nSPS) is 10.9. The summed E-state index contributed by atoms with van der Waals surface area (Å²) in [6, 6.07) is 6.57. The van der Waals surface area contributed by atoms with Gasteiger partial charge in [-0.05, 0) is 18.2 Å². The first kappa shape index (κ1) is 11.9. The first-order chi connectivity index (χ1) is 7.67. The predicted molar refractivity (Wildman–Crippen MR) is 60.0 cm³/mol. The Labute approximate surface area is 93.0 Å². The third kappa shape index (κ3) is 3.18. The second-order valence-corrected chi connectivity index (χ2v) is 3.03. The van der Waals surface area contributed by atoms with Gasteiger partial charge in [0.1, 0.15) is 12.4 Å². The number of benzene rings is 1. The molecule has 0 aromatic heterocycles. The minimum atomic E-state index is -0.382. The maximum Gasteiger partial charge on any atom is 0.265 e. The van der Waals surface area contributed by atoms with Crippen molar-refractivity contribution in [1.29, 1.82) is 0 Å². The van der Waals surface area contributed by atoms with E-state index >= 15 is 0 Å². The molecular formula is C10H14N4O2. The Morgan fingerprint density at radius 1 is 1.50 bits per heavy atom. The molecular weight excluding hydrogens is 208 g/mol. The molecule has 0 radical (unpaired) electrons. The van der Waals surface area contributed by atoms with E-state index in [-0.39, 0.29) is 12.5 Å². The van der Waals surface area contributed by atoms with Crippen molar-refractivity contribution in [3.63, 3.8) is 0 Å². The maximum atomic E-state index is 11.2. The van der Waals surface area contributed by atoms with Crippen molar-refractivity contribution in [2.75, 3.05) is 6.61 Å². The molecule has 0 heterocycles. The van der Waals surface area contributed by atoms with Crippen molar-refractivity contribution in [3.05, 3.63) is 41.7 Å². The van der Waals surface area contributed by atoms with Crippen molar-refractivity contribution in [1.82, 2.24) is 5.43 Å². The van der Waals surface area contributed by atoms with E-state index in [0.717, 1.165) is 0 Å². The highest BCUT2D eigenvalue weighted by atomic mass is 16.5. The standard InChI is InChI=1S/C10H14N4O2/c11-5-8(12)6-16-9-3-1-2-7(4-9)10(15)14-13/h1-5H,6,11-13H2,(H,14,15)/b8-5-. The molecule has 1 amide bonds. The Bertz CT molecular complexity index is 404. The number of nitrogen functional groups attached to an aromatic ring is 1. The molecule has 6 heteroatoms. The van der Waals surface area contributed by atoms with Crippen molar-refractivity contribution in [2.24, 2.45) is 17.3 Å². The predicted octanol–water partition coefficient (Wildman–Crippen LogP) is -0.572. The number of carbonyl (C=O) groups is 1. The number of amides is 1. The van der Waals surface area contributed by atoms with E-state index in [2.05, 4.69) is 0 Å². The monoisotopic (exact) mass is 222 g/mol. The van der Waals surface area contributed by atoms with Crippen molar-refractivity contribution >= 4 is 5.91 Å². The molecule has 0 unspecified atom stereocenters. The van der Waals surface area contributed by atoms with Crippen molar-refractivity contribution in [2.45, 2.75) is 0 Å². The Morgan fingerprint density at radius 2 is 2.25 bits per heavy atom. The number of ether oxygens (including phenoxy) is 1. The average molecular weight is 222 g/mol. The summed E-state index contributed by atoms with van der Waals surface area (Å²) in [6.07, 6.45) is 1.26. The molecule has 0 spiro atoms. The van der Waals surface area contributed by atoms with Gasteiger partial charge in [-0.2, -0.15) is 0 Å². The number of hydrogen-bond donors (Lipinski definition) is 4. The van der Waals surface area contributed by atoms with Crippen molar-refractivity contribution < 1.29 is 9.53 Å². The Morgan fingerprint density at radius 3 is 2.88 bits per heavy atom.